The lowest BCUT2D eigenvalue weighted by atomic mass is 9.98. The average Bonchev–Trinajstić information content (AvgIpc) is 3.20. The largest absolute Gasteiger partial charge is 0.301 e. The summed E-state index contributed by atoms with van der Waals surface area (Å²) in [5.41, 5.74) is -0.0664. The number of hydrogen-bond acceptors (Lipinski definition) is 4. The molecule has 20 heavy (non-hydrogen) atoms. The molecule has 0 aromatic heterocycles. The fraction of sp³-hybridized carbons (Fsp3) is 0.938. The highest BCUT2D eigenvalue weighted by Gasteiger charge is 2.33. The van der Waals surface area contributed by atoms with Crippen molar-refractivity contribution < 1.29 is 0 Å². The summed E-state index contributed by atoms with van der Waals surface area (Å²) in [4.78, 5) is 5.06. The second kappa shape index (κ2) is 6.01. The highest BCUT2D eigenvalue weighted by Crippen LogP contribution is 2.24. The van der Waals surface area contributed by atoms with Gasteiger partial charge >= 0.3 is 0 Å². The van der Waals surface area contributed by atoms with Gasteiger partial charge in [0.15, 0.2) is 0 Å². The first-order valence-electron chi connectivity index (χ1n) is 7.99. The van der Waals surface area contributed by atoms with Crippen LogP contribution in [0.3, 0.4) is 0 Å². The number of nitrogens with zero attached hydrogens (tertiary/aromatic N) is 3. The van der Waals surface area contributed by atoms with Gasteiger partial charge in [-0.1, -0.05) is 0 Å². The molecule has 114 valence electrons. The average molecular weight is 278 g/mol. The van der Waals surface area contributed by atoms with Gasteiger partial charge in [-0.15, -0.1) is 0 Å². The van der Waals surface area contributed by atoms with Crippen molar-refractivity contribution in [1.82, 2.24) is 15.1 Å². The van der Waals surface area contributed by atoms with E-state index in [1.54, 1.807) is 0 Å². The van der Waals surface area contributed by atoms with E-state index >= 15 is 0 Å². The molecule has 1 aliphatic heterocycles. The molecule has 0 aromatic carbocycles. The molecular weight excluding hydrogens is 248 g/mol. The molecule has 1 atom stereocenters. The topological polar surface area (TPSA) is 42.3 Å². The molecule has 0 aromatic rings. The van der Waals surface area contributed by atoms with E-state index in [2.05, 4.69) is 48.9 Å². The summed E-state index contributed by atoms with van der Waals surface area (Å²) in [6, 6.07) is 3.07. The Morgan fingerprint density at radius 2 is 1.70 bits per heavy atom. The lowest BCUT2D eigenvalue weighted by molar-refractivity contribution is 0.0596. The molecule has 2 fully saturated rings. The number of nitriles is 1. The van der Waals surface area contributed by atoms with E-state index in [9.17, 15) is 5.26 Å². The summed E-state index contributed by atoms with van der Waals surface area (Å²) >= 11 is 0. The predicted octanol–water partition coefficient (Wildman–Crippen LogP) is 1.83. The number of hydrogen-bond donors (Lipinski definition) is 1. The summed E-state index contributed by atoms with van der Waals surface area (Å²) in [7, 11) is 0. The van der Waals surface area contributed by atoms with Crippen LogP contribution < -0.4 is 5.32 Å². The molecule has 1 saturated carbocycles. The zero-order chi connectivity index (χ0) is 14.8. The second-order valence-corrected chi connectivity index (χ2v) is 7.61. The molecule has 0 bridgehead atoms. The maximum Gasteiger partial charge on any atom is 0.105 e. The van der Waals surface area contributed by atoms with Crippen molar-refractivity contribution in [3.63, 3.8) is 0 Å². The third-order valence-corrected chi connectivity index (χ3v) is 4.60. The van der Waals surface area contributed by atoms with Crippen molar-refractivity contribution in [3.05, 3.63) is 0 Å². The van der Waals surface area contributed by atoms with E-state index in [0.717, 1.165) is 39.1 Å². The fourth-order valence-corrected chi connectivity index (χ4v) is 2.86. The minimum atomic E-state index is -0.345. The van der Waals surface area contributed by atoms with Crippen molar-refractivity contribution in [2.45, 2.75) is 64.1 Å². The van der Waals surface area contributed by atoms with Crippen molar-refractivity contribution >= 4 is 0 Å². The highest BCUT2D eigenvalue weighted by molar-refractivity contribution is 5.07. The first kappa shape index (κ1) is 15.8. The zero-order valence-electron chi connectivity index (χ0n) is 13.6. The van der Waals surface area contributed by atoms with Gasteiger partial charge in [-0.3, -0.25) is 10.2 Å². The van der Waals surface area contributed by atoms with Crippen LogP contribution in [0, 0.1) is 11.3 Å². The van der Waals surface area contributed by atoms with Crippen molar-refractivity contribution in [2.75, 3.05) is 32.7 Å². The van der Waals surface area contributed by atoms with Crippen LogP contribution in [0.15, 0.2) is 0 Å². The molecule has 1 saturated heterocycles. The molecule has 2 rings (SSSR count). The first-order valence-corrected chi connectivity index (χ1v) is 7.99. The van der Waals surface area contributed by atoms with Crippen LogP contribution in [0.1, 0.15) is 47.0 Å². The molecule has 1 aliphatic carbocycles. The van der Waals surface area contributed by atoms with E-state index in [1.165, 1.54) is 12.8 Å². The van der Waals surface area contributed by atoms with Gasteiger partial charge in [0.25, 0.3) is 0 Å². The number of rotatable bonds is 5. The van der Waals surface area contributed by atoms with Gasteiger partial charge in [-0.2, -0.15) is 5.26 Å². The van der Waals surface area contributed by atoms with Crippen LogP contribution in [0.25, 0.3) is 0 Å². The Morgan fingerprint density at radius 3 is 2.15 bits per heavy atom. The second-order valence-electron chi connectivity index (χ2n) is 7.61. The fourth-order valence-electron chi connectivity index (χ4n) is 2.86. The molecular formula is C16H30N4. The van der Waals surface area contributed by atoms with Gasteiger partial charge in [0.2, 0.25) is 0 Å². The van der Waals surface area contributed by atoms with E-state index in [0.29, 0.717) is 6.04 Å². The van der Waals surface area contributed by atoms with E-state index < -0.39 is 0 Å². The molecule has 4 heteroatoms. The molecule has 1 N–H and O–H groups in total. The summed E-state index contributed by atoms with van der Waals surface area (Å²) in [6.45, 7) is 14.5. The first-order chi connectivity index (χ1) is 9.32. The molecule has 0 radical (unpaired) electrons. The summed E-state index contributed by atoms with van der Waals surface area (Å²) in [5, 5.41) is 12.9. The Bertz CT molecular complexity index is 356. The van der Waals surface area contributed by atoms with Crippen LogP contribution in [0.4, 0.5) is 0 Å². The van der Waals surface area contributed by atoms with E-state index in [-0.39, 0.29) is 11.1 Å². The SMILES string of the molecule is CC(C#N)(CCN1CCN(C(C)(C)C)CC1)NC1CC1. The Morgan fingerprint density at radius 1 is 1.10 bits per heavy atom. The Kier molecular flexibility index (Phi) is 4.73. The zero-order valence-corrected chi connectivity index (χ0v) is 13.6. The molecule has 1 unspecified atom stereocenters. The standard InChI is InChI=1S/C16H30N4/c1-15(2,3)20-11-9-19(10-12-20)8-7-16(4,13-17)18-14-5-6-14/h14,18H,5-12H2,1-4H3. The summed E-state index contributed by atoms with van der Waals surface area (Å²) < 4.78 is 0. The van der Waals surface area contributed by atoms with Crippen LogP contribution >= 0.6 is 0 Å². The molecule has 0 spiro atoms. The van der Waals surface area contributed by atoms with Crippen molar-refractivity contribution in [2.24, 2.45) is 0 Å². The maximum atomic E-state index is 9.40. The van der Waals surface area contributed by atoms with Gasteiger partial charge < -0.3 is 4.90 Å². The van der Waals surface area contributed by atoms with Gasteiger partial charge in [0.1, 0.15) is 5.54 Å². The van der Waals surface area contributed by atoms with Gasteiger partial charge in [-0.25, -0.2) is 0 Å². The van der Waals surface area contributed by atoms with E-state index in [4.69, 9.17) is 0 Å². The van der Waals surface area contributed by atoms with Crippen molar-refractivity contribution in [1.29, 1.82) is 5.26 Å². The normalized spacial score (nSPS) is 25.1. The number of piperazine rings is 1. The van der Waals surface area contributed by atoms with Crippen LogP contribution in [-0.4, -0.2) is 59.6 Å². The van der Waals surface area contributed by atoms with Gasteiger partial charge in [0.05, 0.1) is 6.07 Å². The van der Waals surface area contributed by atoms with E-state index in [1.807, 2.05) is 0 Å². The highest BCUT2D eigenvalue weighted by atomic mass is 15.3. The van der Waals surface area contributed by atoms with Crippen molar-refractivity contribution in [3.8, 4) is 6.07 Å². The number of nitrogens with one attached hydrogen (secondary N) is 1. The maximum absolute atomic E-state index is 9.40. The minimum Gasteiger partial charge on any atom is -0.301 e. The Balaban J connectivity index is 1.74. The monoisotopic (exact) mass is 278 g/mol. The minimum absolute atomic E-state index is 0.279. The molecule has 0 amide bonds. The third kappa shape index (κ3) is 4.44. The van der Waals surface area contributed by atoms with Gasteiger partial charge in [-0.05, 0) is 47.0 Å². The molecule has 2 aliphatic rings. The van der Waals surface area contributed by atoms with Crippen LogP contribution in [0.5, 0.6) is 0 Å². The van der Waals surface area contributed by atoms with Crippen LogP contribution in [-0.2, 0) is 0 Å². The molecule has 4 nitrogen and oxygen atoms in total. The Hall–Kier alpha value is -0.630. The van der Waals surface area contributed by atoms with Crippen LogP contribution in [0.2, 0.25) is 0 Å². The summed E-state index contributed by atoms with van der Waals surface area (Å²) in [5.74, 6) is 0. The lowest BCUT2D eigenvalue weighted by Crippen LogP contribution is -2.54. The summed E-state index contributed by atoms with van der Waals surface area (Å²) in [6.07, 6.45) is 3.40. The molecule has 1 heterocycles. The Labute approximate surface area is 124 Å². The predicted molar refractivity (Wildman–Crippen MR) is 82.6 cm³/mol. The third-order valence-electron chi connectivity index (χ3n) is 4.60. The lowest BCUT2D eigenvalue weighted by Gasteiger charge is -2.42. The van der Waals surface area contributed by atoms with Gasteiger partial charge in [0, 0.05) is 44.3 Å². The quantitative estimate of drug-likeness (QED) is 0.833. The smallest absolute Gasteiger partial charge is 0.105 e.